The molecule has 0 aromatic heterocycles. The van der Waals surface area contributed by atoms with Crippen molar-refractivity contribution in [1.82, 2.24) is 4.72 Å². The number of amides is 1. The van der Waals surface area contributed by atoms with Crippen molar-refractivity contribution in [1.29, 1.82) is 5.26 Å². The Bertz CT molecular complexity index is 594. The molecule has 0 aliphatic carbocycles. The summed E-state index contributed by atoms with van der Waals surface area (Å²) in [6.07, 6.45) is 0. The number of halogens is 3. The molecular weight excluding hydrogens is 295 g/mol. The second-order valence-corrected chi connectivity index (χ2v) is 5.12. The van der Waals surface area contributed by atoms with Gasteiger partial charge in [0.15, 0.2) is 11.0 Å². The molecule has 1 N–H and O–H groups in total. The molecule has 4 nitrogen and oxygen atoms in total. The molecule has 0 bridgehead atoms. The van der Waals surface area contributed by atoms with E-state index in [2.05, 4.69) is 4.72 Å². The summed E-state index contributed by atoms with van der Waals surface area (Å²) in [7, 11) is -1.78. The van der Waals surface area contributed by atoms with Crippen LogP contribution in [0.25, 0.3) is 0 Å². The first kappa shape index (κ1) is 11.7. The minimum absolute atomic E-state index is 0.0284. The molecule has 0 saturated heterocycles. The fourth-order valence-electron chi connectivity index (χ4n) is 1.30. The average Bonchev–Trinajstić information content (AvgIpc) is 2.52. The van der Waals surface area contributed by atoms with Crippen molar-refractivity contribution in [3.05, 3.63) is 26.2 Å². The Hall–Kier alpha value is -0.800. The predicted molar refractivity (Wildman–Crippen MR) is 60.1 cm³/mol. The van der Waals surface area contributed by atoms with Crippen LogP contribution in [0.5, 0.6) is 0 Å². The summed E-state index contributed by atoms with van der Waals surface area (Å²) >= 11 is 17.4. The van der Waals surface area contributed by atoms with Crippen LogP contribution in [0, 0.1) is 11.3 Å². The zero-order chi connectivity index (χ0) is 12.0. The minimum atomic E-state index is -1.78. The third-order valence-corrected chi connectivity index (χ3v) is 4.48. The Morgan fingerprint density at radius 1 is 1.19 bits per heavy atom. The van der Waals surface area contributed by atoms with Crippen LogP contribution in [0.1, 0.15) is 15.9 Å². The van der Waals surface area contributed by atoms with Gasteiger partial charge in [-0.3, -0.25) is 9.52 Å². The van der Waals surface area contributed by atoms with Crippen molar-refractivity contribution in [3.63, 3.8) is 0 Å². The third-order valence-electron chi connectivity index (χ3n) is 1.99. The van der Waals surface area contributed by atoms with Crippen LogP contribution in [0.3, 0.4) is 0 Å². The molecule has 0 spiro atoms. The van der Waals surface area contributed by atoms with Gasteiger partial charge in [0.1, 0.15) is 6.07 Å². The van der Waals surface area contributed by atoms with Gasteiger partial charge in [-0.15, -0.1) is 0 Å². The molecule has 1 atom stereocenters. The van der Waals surface area contributed by atoms with Crippen molar-refractivity contribution >= 4 is 51.7 Å². The number of rotatable bonds is 0. The number of hydrogen-bond donors (Lipinski definition) is 1. The Labute approximate surface area is 108 Å². The molecule has 0 fully saturated rings. The van der Waals surface area contributed by atoms with E-state index in [1.165, 1.54) is 0 Å². The van der Waals surface area contributed by atoms with E-state index in [0.717, 1.165) is 0 Å². The van der Waals surface area contributed by atoms with Gasteiger partial charge in [-0.2, -0.15) is 5.26 Å². The maximum absolute atomic E-state index is 11.5. The highest BCUT2D eigenvalue weighted by Gasteiger charge is 2.34. The molecule has 16 heavy (non-hydrogen) atoms. The second kappa shape index (κ2) is 3.90. The fourth-order valence-corrected chi connectivity index (χ4v) is 3.43. The van der Waals surface area contributed by atoms with Gasteiger partial charge < -0.3 is 0 Å². The zero-order valence-electron chi connectivity index (χ0n) is 7.31. The number of nitriles is 1. The highest BCUT2D eigenvalue weighted by Crippen LogP contribution is 2.41. The molecule has 1 heterocycles. The summed E-state index contributed by atoms with van der Waals surface area (Å²) in [5, 5.41) is 8.50. The van der Waals surface area contributed by atoms with Gasteiger partial charge in [-0.1, -0.05) is 34.8 Å². The number of benzene rings is 1. The van der Waals surface area contributed by atoms with Crippen LogP contribution >= 0.6 is 34.8 Å². The maximum Gasteiger partial charge on any atom is 0.266 e. The molecule has 2 rings (SSSR count). The van der Waals surface area contributed by atoms with Crippen molar-refractivity contribution in [2.75, 3.05) is 0 Å². The molecule has 8 heteroatoms. The number of nitrogens with zero attached hydrogens (tertiary/aromatic N) is 1. The third kappa shape index (κ3) is 1.42. The Kier molecular flexibility index (Phi) is 2.84. The lowest BCUT2D eigenvalue weighted by Gasteiger charge is -2.05. The van der Waals surface area contributed by atoms with E-state index in [4.69, 9.17) is 40.1 Å². The molecule has 1 amide bonds. The highest BCUT2D eigenvalue weighted by molar-refractivity contribution is 7.84. The first-order chi connectivity index (χ1) is 7.49. The van der Waals surface area contributed by atoms with Gasteiger partial charge in [0, 0.05) is 0 Å². The number of nitrogens with one attached hydrogen (secondary N) is 1. The summed E-state index contributed by atoms with van der Waals surface area (Å²) < 4.78 is 13.6. The van der Waals surface area contributed by atoms with Crippen LogP contribution in [0.4, 0.5) is 0 Å². The smallest absolute Gasteiger partial charge is 0.266 e. The van der Waals surface area contributed by atoms with Gasteiger partial charge in [0.2, 0.25) is 0 Å². The van der Waals surface area contributed by atoms with E-state index in [1.807, 2.05) is 0 Å². The van der Waals surface area contributed by atoms with Gasteiger partial charge in [-0.05, 0) is 0 Å². The lowest BCUT2D eigenvalue weighted by atomic mass is 10.1. The summed E-state index contributed by atoms with van der Waals surface area (Å²) in [4.78, 5) is 11.5. The lowest BCUT2D eigenvalue weighted by Crippen LogP contribution is -2.15. The lowest BCUT2D eigenvalue weighted by molar-refractivity contribution is 0.0986. The molecule has 1 aromatic carbocycles. The Balaban J connectivity index is 2.96. The zero-order valence-corrected chi connectivity index (χ0v) is 10.4. The van der Waals surface area contributed by atoms with Crippen molar-refractivity contribution in [2.24, 2.45) is 0 Å². The van der Waals surface area contributed by atoms with E-state index < -0.39 is 16.9 Å². The summed E-state index contributed by atoms with van der Waals surface area (Å²) in [6, 6.07) is 1.74. The van der Waals surface area contributed by atoms with Crippen LogP contribution in [-0.4, -0.2) is 10.1 Å². The number of carbonyl (C=O) groups excluding carboxylic acids is 1. The number of fused-ring (bicyclic) bond motifs is 1. The van der Waals surface area contributed by atoms with Crippen molar-refractivity contribution < 1.29 is 9.00 Å². The van der Waals surface area contributed by atoms with E-state index in [-0.39, 0.29) is 31.1 Å². The van der Waals surface area contributed by atoms with Gasteiger partial charge in [-0.25, -0.2) is 4.21 Å². The molecule has 82 valence electrons. The fraction of sp³-hybridized carbons (Fsp3) is 0. The topological polar surface area (TPSA) is 70.0 Å². The van der Waals surface area contributed by atoms with E-state index in [0.29, 0.717) is 0 Å². The molecule has 1 aliphatic rings. The van der Waals surface area contributed by atoms with Crippen LogP contribution in [0.2, 0.25) is 15.1 Å². The summed E-state index contributed by atoms with van der Waals surface area (Å²) in [5.41, 5.74) is -0.146. The molecule has 0 saturated carbocycles. The SMILES string of the molecule is N#Cc1c(Cl)c(Cl)c2c(c1Cl)C(=O)NS2=O. The largest absolute Gasteiger partial charge is 0.268 e. The Morgan fingerprint density at radius 3 is 2.38 bits per heavy atom. The molecular formula is C8HCl3N2O2S. The molecule has 1 aromatic rings. The molecule has 1 unspecified atom stereocenters. The van der Waals surface area contributed by atoms with E-state index in [9.17, 15) is 9.00 Å². The Morgan fingerprint density at radius 2 is 1.81 bits per heavy atom. The molecule has 0 radical (unpaired) electrons. The maximum atomic E-state index is 11.5. The number of carbonyl (C=O) groups is 1. The quantitative estimate of drug-likeness (QED) is 0.747. The van der Waals surface area contributed by atoms with Crippen LogP contribution in [-0.2, 0) is 11.0 Å². The van der Waals surface area contributed by atoms with Crippen molar-refractivity contribution in [2.45, 2.75) is 4.90 Å². The highest BCUT2D eigenvalue weighted by atomic mass is 35.5. The van der Waals surface area contributed by atoms with E-state index >= 15 is 0 Å². The predicted octanol–water partition coefficient (Wildman–Crippen LogP) is 2.28. The van der Waals surface area contributed by atoms with E-state index in [1.54, 1.807) is 6.07 Å². The first-order valence-electron chi connectivity index (χ1n) is 3.82. The summed E-state index contributed by atoms with van der Waals surface area (Å²) in [6.45, 7) is 0. The van der Waals surface area contributed by atoms with Gasteiger partial charge >= 0.3 is 0 Å². The standard InChI is InChI=1S/C8HCl3N2O2S/c9-4-2(1-12)5(10)6(11)7-3(4)8(14)13-16(7)15/h(H,13,14). The molecule has 1 aliphatic heterocycles. The summed E-state index contributed by atoms with van der Waals surface area (Å²) in [5.74, 6) is -0.631. The van der Waals surface area contributed by atoms with Crippen LogP contribution in [0.15, 0.2) is 4.90 Å². The first-order valence-corrected chi connectivity index (χ1v) is 6.10. The number of hydrogen-bond acceptors (Lipinski definition) is 3. The second-order valence-electron chi connectivity index (χ2n) is 2.83. The van der Waals surface area contributed by atoms with Gasteiger partial charge in [0.25, 0.3) is 5.91 Å². The van der Waals surface area contributed by atoms with Gasteiger partial charge in [0.05, 0.1) is 31.1 Å². The minimum Gasteiger partial charge on any atom is -0.268 e. The van der Waals surface area contributed by atoms with Crippen LogP contribution < -0.4 is 4.72 Å². The van der Waals surface area contributed by atoms with Crippen molar-refractivity contribution in [3.8, 4) is 6.07 Å². The average molecular weight is 296 g/mol. The monoisotopic (exact) mass is 294 g/mol. The normalized spacial score (nSPS) is 17.9.